The third-order valence-electron chi connectivity index (χ3n) is 9.81. The molecule has 1 aromatic heterocycles. The van der Waals surface area contributed by atoms with E-state index in [1.165, 1.54) is 27.8 Å². The van der Waals surface area contributed by atoms with Crippen LogP contribution in [-0.4, -0.2) is 66.4 Å². The number of aliphatic carboxylic acids is 1. The number of hydrogen-bond acceptors (Lipinski definition) is 7. The highest BCUT2D eigenvalue weighted by Crippen LogP contribution is 2.43. The zero-order valence-electron chi connectivity index (χ0n) is 28.3. The number of carboxylic acids is 1. The summed E-state index contributed by atoms with van der Waals surface area (Å²) >= 11 is 0. The quantitative estimate of drug-likeness (QED) is 0.151. The number of nitrogens with one attached hydrogen (secondary N) is 1. The molecule has 2 heterocycles. The average molecular weight is 691 g/mol. The SMILES string of the molecule is COCC(C)(C)c1ccc2c(c1N)Cc1ccccc1-2.O=C(N[C@@H]1CCN(CC2CC2)C[C@H]1C(=O)O)c1cc(-c2c(F)cc(F)cc2F)on1. The van der Waals surface area contributed by atoms with Crippen LogP contribution in [0, 0.1) is 29.3 Å². The number of nitrogens with two attached hydrogens (primary N) is 1. The first kappa shape index (κ1) is 35.2. The van der Waals surface area contributed by atoms with Crippen LogP contribution in [-0.2, 0) is 21.4 Å². The number of carbonyl (C=O) groups is 2. The Balaban J connectivity index is 0.000000187. The van der Waals surface area contributed by atoms with Gasteiger partial charge in [0.2, 0.25) is 0 Å². The lowest BCUT2D eigenvalue weighted by atomic mass is 9.82. The summed E-state index contributed by atoms with van der Waals surface area (Å²) in [5.74, 6) is -5.69. The van der Waals surface area contributed by atoms with E-state index in [4.69, 9.17) is 15.0 Å². The molecule has 1 amide bonds. The van der Waals surface area contributed by atoms with E-state index in [9.17, 15) is 27.9 Å². The highest BCUT2D eigenvalue weighted by Gasteiger charge is 2.37. The first-order valence-electron chi connectivity index (χ1n) is 16.7. The van der Waals surface area contributed by atoms with Gasteiger partial charge in [-0.05, 0) is 53.0 Å². The van der Waals surface area contributed by atoms with E-state index < -0.39 is 46.9 Å². The average Bonchev–Trinajstić information content (AvgIpc) is 3.59. The zero-order valence-corrected chi connectivity index (χ0v) is 28.3. The Bertz CT molecular complexity index is 1880. The second-order valence-corrected chi connectivity index (χ2v) is 14.0. The van der Waals surface area contributed by atoms with E-state index in [2.05, 4.69) is 65.6 Å². The maximum absolute atomic E-state index is 13.9. The molecule has 3 aromatic carbocycles. The number of carboxylic acid groups (broad SMARTS) is 1. The molecule has 264 valence electrons. The van der Waals surface area contributed by atoms with Crippen molar-refractivity contribution < 1.29 is 37.1 Å². The predicted octanol–water partition coefficient (Wildman–Crippen LogP) is 6.44. The molecule has 12 heteroatoms. The summed E-state index contributed by atoms with van der Waals surface area (Å²) in [5.41, 5.74) is 12.9. The van der Waals surface area contributed by atoms with Gasteiger partial charge in [0, 0.05) is 68.5 Å². The van der Waals surface area contributed by atoms with Crippen molar-refractivity contribution >= 4 is 17.6 Å². The van der Waals surface area contributed by atoms with Crippen molar-refractivity contribution in [3.63, 3.8) is 0 Å². The standard InChI is InChI=1S/C20H20F3N3O4.C18H21NO/c21-11-5-13(22)18(14(23)6-11)17-7-16(25-30-17)19(27)24-15-3-4-26(8-10-1-2-10)9-12(15)20(28)29;1-18(2,11-20-3)16-9-8-14-13-7-5-4-6-12(13)10-15(14)17(16)19/h5-7,10,12,15H,1-4,8-9H2,(H,24,27)(H,28,29);4-9H,10-11,19H2,1-3H3/t12-,15-;/m1./s1. The van der Waals surface area contributed by atoms with Crippen LogP contribution in [0.15, 0.2) is 59.1 Å². The van der Waals surface area contributed by atoms with Gasteiger partial charge in [-0.2, -0.15) is 0 Å². The summed E-state index contributed by atoms with van der Waals surface area (Å²) in [6, 6.07) is 14.3. The van der Waals surface area contributed by atoms with Gasteiger partial charge in [-0.25, -0.2) is 13.2 Å². The molecular weight excluding hydrogens is 649 g/mol. The van der Waals surface area contributed by atoms with Crippen LogP contribution in [0.2, 0.25) is 0 Å². The minimum Gasteiger partial charge on any atom is -0.481 e. The summed E-state index contributed by atoms with van der Waals surface area (Å²) in [6.07, 6.45) is 3.73. The van der Waals surface area contributed by atoms with Crippen molar-refractivity contribution in [3.8, 4) is 22.5 Å². The Kier molecular flexibility index (Phi) is 10.0. The van der Waals surface area contributed by atoms with Crippen molar-refractivity contribution in [3.05, 3.63) is 94.4 Å². The number of anilines is 1. The summed E-state index contributed by atoms with van der Waals surface area (Å²) in [4.78, 5) is 26.3. The third kappa shape index (κ3) is 7.41. The fourth-order valence-corrected chi connectivity index (χ4v) is 7.06. The van der Waals surface area contributed by atoms with Gasteiger partial charge in [0.1, 0.15) is 17.5 Å². The Labute approximate surface area is 288 Å². The number of hydrogen-bond donors (Lipinski definition) is 3. The number of aromatic nitrogens is 1. The van der Waals surface area contributed by atoms with E-state index in [-0.39, 0.29) is 16.9 Å². The number of rotatable bonds is 9. The summed E-state index contributed by atoms with van der Waals surface area (Å²) in [5, 5.41) is 15.7. The highest BCUT2D eigenvalue weighted by molar-refractivity contribution is 5.93. The van der Waals surface area contributed by atoms with Crippen LogP contribution in [0.1, 0.15) is 60.3 Å². The maximum Gasteiger partial charge on any atom is 0.309 e. The lowest BCUT2D eigenvalue weighted by Crippen LogP contribution is -2.53. The largest absolute Gasteiger partial charge is 0.481 e. The molecule has 0 bridgehead atoms. The minimum absolute atomic E-state index is 0.0668. The van der Waals surface area contributed by atoms with Crippen molar-refractivity contribution in [2.75, 3.05) is 39.1 Å². The normalized spacial score (nSPS) is 18.5. The van der Waals surface area contributed by atoms with E-state index in [0.29, 0.717) is 44.2 Å². The van der Waals surface area contributed by atoms with Crippen LogP contribution in [0.3, 0.4) is 0 Å². The van der Waals surface area contributed by atoms with Crippen LogP contribution in [0.25, 0.3) is 22.5 Å². The molecule has 2 aliphatic carbocycles. The van der Waals surface area contributed by atoms with E-state index in [1.54, 1.807) is 7.11 Å². The number of carbonyl (C=O) groups excluding carboxylic acids is 1. The fraction of sp³-hybridized carbons (Fsp3) is 0.395. The van der Waals surface area contributed by atoms with Gasteiger partial charge in [-0.15, -0.1) is 0 Å². The second-order valence-electron chi connectivity index (χ2n) is 14.0. The Morgan fingerprint density at radius 1 is 1.06 bits per heavy atom. The molecule has 4 N–H and O–H groups in total. The molecule has 0 spiro atoms. The number of methoxy groups -OCH3 is 1. The monoisotopic (exact) mass is 690 g/mol. The smallest absolute Gasteiger partial charge is 0.309 e. The predicted molar refractivity (Wildman–Crippen MR) is 182 cm³/mol. The number of ether oxygens (including phenoxy) is 1. The topological polar surface area (TPSA) is 131 Å². The molecule has 1 saturated carbocycles. The summed E-state index contributed by atoms with van der Waals surface area (Å²) < 4.78 is 51.1. The third-order valence-corrected chi connectivity index (χ3v) is 9.81. The van der Waals surface area contributed by atoms with Gasteiger partial charge < -0.3 is 30.3 Å². The molecule has 7 rings (SSSR count). The number of fused-ring (bicyclic) bond motifs is 3. The summed E-state index contributed by atoms with van der Waals surface area (Å²) in [6.45, 7) is 6.90. The highest BCUT2D eigenvalue weighted by atomic mass is 19.1. The van der Waals surface area contributed by atoms with Gasteiger partial charge in [-0.3, -0.25) is 9.59 Å². The lowest BCUT2D eigenvalue weighted by Gasteiger charge is -2.36. The fourth-order valence-electron chi connectivity index (χ4n) is 7.06. The van der Waals surface area contributed by atoms with Crippen molar-refractivity contribution in [1.82, 2.24) is 15.4 Å². The molecular formula is C38H41F3N4O5. The Hall–Kier alpha value is -4.68. The van der Waals surface area contributed by atoms with Gasteiger partial charge in [0.25, 0.3) is 5.91 Å². The zero-order chi connectivity index (χ0) is 35.7. The first-order valence-corrected chi connectivity index (χ1v) is 16.7. The number of nitrogen functional groups attached to an aromatic ring is 1. The van der Waals surface area contributed by atoms with Gasteiger partial charge in [0.05, 0.1) is 18.1 Å². The van der Waals surface area contributed by atoms with Crippen molar-refractivity contribution in [2.45, 2.75) is 51.0 Å². The molecule has 1 aliphatic heterocycles. The van der Waals surface area contributed by atoms with E-state index in [0.717, 1.165) is 37.6 Å². The first-order chi connectivity index (χ1) is 23.9. The number of halogens is 3. The molecule has 50 heavy (non-hydrogen) atoms. The molecule has 3 aliphatic rings. The Morgan fingerprint density at radius 3 is 2.46 bits per heavy atom. The van der Waals surface area contributed by atoms with Gasteiger partial charge in [-0.1, -0.05) is 55.4 Å². The van der Waals surface area contributed by atoms with E-state index >= 15 is 0 Å². The Morgan fingerprint density at radius 2 is 1.78 bits per heavy atom. The molecule has 2 fully saturated rings. The second kappa shape index (κ2) is 14.3. The summed E-state index contributed by atoms with van der Waals surface area (Å²) in [7, 11) is 1.74. The number of piperidine rings is 1. The molecule has 0 unspecified atom stereocenters. The number of nitrogens with zero attached hydrogens (tertiary/aromatic N) is 2. The van der Waals surface area contributed by atoms with Gasteiger partial charge >= 0.3 is 5.97 Å². The van der Waals surface area contributed by atoms with Crippen LogP contribution in [0.4, 0.5) is 18.9 Å². The molecule has 1 saturated heterocycles. The number of amides is 1. The van der Waals surface area contributed by atoms with Gasteiger partial charge in [0.15, 0.2) is 11.5 Å². The van der Waals surface area contributed by atoms with Crippen LogP contribution >= 0.6 is 0 Å². The minimum atomic E-state index is -1.19. The van der Waals surface area contributed by atoms with Crippen LogP contribution < -0.4 is 11.1 Å². The number of likely N-dealkylation sites (tertiary alicyclic amines) is 1. The molecule has 0 radical (unpaired) electrons. The molecule has 2 atom stereocenters. The molecule has 9 nitrogen and oxygen atoms in total. The van der Waals surface area contributed by atoms with Crippen molar-refractivity contribution in [2.24, 2.45) is 11.8 Å². The van der Waals surface area contributed by atoms with Crippen LogP contribution in [0.5, 0.6) is 0 Å². The van der Waals surface area contributed by atoms with Crippen molar-refractivity contribution in [1.29, 1.82) is 0 Å². The lowest BCUT2D eigenvalue weighted by molar-refractivity contribution is -0.144. The number of benzene rings is 3. The molecule has 4 aromatic rings. The maximum atomic E-state index is 13.9. The van der Waals surface area contributed by atoms with E-state index in [1.807, 2.05) is 0 Å².